The molecule has 1 aliphatic heterocycles. The van der Waals surface area contributed by atoms with Crippen molar-refractivity contribution in [3.05, 3.63) is 17.0 Å². The zero-order chi connectivity index (χ0) is 15.6. The summed E-state index contributed by atoms with van der Waals surface area (Å²) in [7, 11) is 1.82. The van der Waals surface area contributed by atoms with E-state index >= 15 is 0 Å². The third kappa shape index (κ3) is 2.92. The van der Waals surface area contributed by atoms with E-state index in [1.807, 2.05) is 27.8 Å². The number of likely N-dealkylation sites (N-methyl/N-ethyl adjacent to an activating group) is 1. The number of carbonyl (C=O) groups is 2. The van der Waals surface area contributed by atoms with Gasteiger partial charge in [0.15, 0.2) is 0 Å². The van der Waals surface area contributed by atoms with Gasteiger partial charge in [0.2, 0.25) is 5.91 Å². The first-order valence-electron chi connectivity index (χ1n) is 7.27. The molecule has 1 aromatic rings. The topological polar surface area (TPSA) is 79.3 Å². The van der Waals surface area contributed by atoms with Crippen LogP contribution in [0.1, 0.15) is 28.7 Å². The molecule has 0 radical (unpaired) electrons. The summed E-state index contributed by atoms with van der Waals surface area (Å²) in [5.74, 6) is -0.229. The molecule has 0 aromatic carbocycles. The summed E-state index contributed by atoms with van der Waals surface area (Å²) in [6.45, 7) is 7.82. The number of piperazine rings is 1. The first-order chi connectivity index (χ1) is 9.97. The Kier molecular flexibility index (Phi) is 4.62. The summed E-state index contributed by atoms with van der Waals surface area (Å²) in [6, 6.07) is -0.467. The van der Waals surface area contributed by atoms with Crippen molar-refractivity contribution in [1.29, 1.82) is 0 Å². The second-order valence-electron chi connectivity index (χ2n) is 5.28. The lowest BCUT2D eigenvalue weighted by Gasteiger charge is -2.35. The predicted octanol–water partition coefficient (Wildman–Crippen LogP) is -0.413. The van der Waals surface area contributed by atoms with Crippen molar-refractivity contribution in [2.75, 3.05) is 26.2 Å². The zero-order valence-electron chi connectivity index (χ0n) is 13.1. The molecule has 2 heterocycles. The Balaban J connectivity index is 2.28. The van der Waals surface area contributed by atoms with Crippen molar-refractivity contribution in [2.45, 2.75) is 26.8 Å². The SMILES string of the molecule is CCNC(=O)C1CNCCN1C(=O)c1c(C)nn(C)c1C. The largest absolute Gasteiger partial charge is 0.355 e. The van der Waals surface area contributed by atoms with Crippen LogP contribution in [0.3, 0.4) is 0 Å². The minimum atomic E-state index is -0.467. The fraction of sp³-hybridized carbons (Fsp3) is 0.643. The molecule has 7 heteroatoms. The molecule has 1 saturated heterocycles. The van der Waals surface area contributed by atoms with Crippen molar-refractivity contribution in [3.63, 3.8) is 0 Å². The highest BCUT2D eigenvalue weighted by Gasteiger charge is 2.34. The number of rotatable bonds is 3. The summed E-state index contributed by atoms with van der Waals surface area (Å²) in [4.78, 5) is 26.6. The molecule has 0 aliphatic carbocycles. The van der Waals surface area contributed by atoms with Crippen molar-refractivity contribution in [3.8, 4) is 0 Å². The van der Waals surface area contributed by atoms with Gasteiger partial charge < -0.3 is 15.5 Å². The van der Waals surface area contributed by atoms with E-state index in [2.05, 4.69) is 15.7 Å². The Morgan fingerprint density at radius 1 is 1.43 bits per heavy atom. The Morgan fingerprint density at radius 2 is 2.14 bits per heavy atom. The Morgan fingerprint density at radius 3 is 2.71 bits per heavy atom. The molecule has 2 N–H and O–H groups in total. The molecule has 1 fully saturated rings. The van der Waals surface area contributed by atoms with Gasteiger partial charge in [0, 0.05) is 38.9 Å². The molecule has 116 valence electrons. The van der Waals surface area contributed by atoms with Crippen LogP contribution in [0.5, 0.6) is 0 Å². The standard InChI is InChI=1S/C14H23N5O2/c1-5-16-13(20)11-8-15-6-7-19(11)14(21)12-9(2)17-18(4)10(12)3/h11,15H,5-8H2,1-4H3,(H,16,20). The summed E-state index contributed by atoms with van der Waals surface area (Å²) in [5, 5.41) is 10.2. The molecule has 1 aromatic heterocycles. The molecular weight excluding hydrogens is 270 g/mol. The molecule has 1 atom stereocenters. The van der Waals surface area contributed by atoms with E-state index in [1.54, 1.807) is 9.58 Å². The van der Waals surface area contributed by atoms with E-state index in [9.17, 15) is 9.59 Å². The van der Waals surface area contributed by atoms with Gasteiger partial charge >= 0.3 is 0 Å². The average Bonchev–Trinajstić information content (AvgIpc) is 2.72. The molecule has 0 bridgehead atoms. The van der Waals surface area contributed by atoms with Gasteiger partial charge in [-0.25, -0.2) is 0 Å². The minimum Gasteiger partial charge on any atom is -0.355 e. The lowest BCUT2D eigenvalue weighted by atomic mass is 10.1. The number of carbonyl (C=O) groups excluding carboxylic acids is 2. The van der Waals surface area contributed by atoms with Gasteiger partial charge in [-0.15, -0.1) is 0 Å². The molecule has 1 unspecified atom stereocenters. The van der Waals surface area contributed by atoms with Crippen molar-refractivity contribution >= 4 is 11.8 Å². The van der Waals surface area contributed by atoms with Gasteiger partial charge in [-0.3, -0.25) is 14.3 Å². The van der Waals surface area contributed by atoms with Crippen LogP contribution in [0.2, 0.25) is 0 Å². The van der Waals surface area contributed by atoms with Crippen LogP contribution in [-0.2, 0) is 11.8 Å². The Bertz CT molecular complexity index is 552. The molecular formula is C14H23N5O2. The normalized spacial score (nSPS) is 18.7. The van der Waals surface area contributed by atoms with Crippen molar-refractivity contribution in [2.24, 2.45) is 7.05 Å². The number of amides is 2. The molecule has 0 saturated carbocycles. The minimum absolute atomic E-state index is 0.114. The number of nitrogens with zero attached hydrogens (tertiary/aromatic N) is 3. The first-order valence-corrected chi connectivity index (χ1v) is 7.27. The van der Waals surface area contributed by atoms with E-state index in [1.165, 1.54) is 0 Å². The number of aryl methyl sites for hydroxylation is 2. The van der Waals surface area contributed by atoms with E-state index < -0.39 is 6.04 Å². The summed E-state index contributed by atoms with van der Waals surface area (Å²) in [6.07, 6.45) is 0. The van der Waals surface area contributed by atoms with Gasteiger partial charge in [-0.1, -0.05) is 0 Å². The Labute approximate surface area is 124 Å². The lowest BCUT2D eigenvalue weighted by molar-refractivity contribution is -0.126. The fourth-order valence-corrected chi connectivity index (χ4v) is 2.70. The number of hydrogen-bond donors (Lipinski definition) is 2. The lowest BCUT2D eigenvalue weighted by Crippen LogP contribution is -2.59. The maximum absolute atomic E-state index is 12.8. The van der Waals surface area contributed by atoms with E-state index in [-0.39, 0.29) is 11.8 Å². The van der Waals surface area contributed by atoms with Crippen LogP contribution in [0.25, 0.3) is 0 Å². The summed E-state index contributed by atoms with van der Waals surface area (Å²) >= 11 is 0. The maximum Gasteiger partial charge on any atom is 0.258 e. The van der Waals surface area contributed by atoms with E-state index in [0.29, 0.717) is 37.4 Å². The highest BCUT2D eigenvalue weighted by molar-refractivity contribution is 5.99. The highest BCUT2D eigenvalue weighted by atomic mass is 16.2. The summed E-state index contributed by atoms with van der Waals surface area (Å²) < 4.78 is 1.70. The van der Waals surface area contributed by atoms with Gasteiger partial charge in [0.25, 0.3) is 5.91 Å². The average molecular weight is 293 g/mol. The first kappa shape index (κ1) is 15.5. The van der Waals surface area contributed by atoms with Crippen molar-refractivity contribution in [1.82, 2.24) is 25.3 Å². The van der Waals surface area contributed by atoms with Crippen molar-refractivity contribution < 1.29 is 9.59 Å². The predicted molar refractivity (Wildman–Crippen MR) is 79.1 cm³/mol. The highest BCUT2D eigenvalue weighted by Crippen LogP contribution is 2.17. The van der Waals surface area contributed by atoms with Crippen LogP contribution in [0.4, 0.5) is 0 Å². The van der Waals surface area contributed by atoms with Crippen LogP contribution in [-0.4, -0.2) is 58.7 Å². The molecule has 7 nitrogen and oxygen atoms in total. The van der Waals surface area contributed by atoms with Crippen LogP contribution in [0.15, 0.2) is 0 Å². The van der Waals surface area contributed by atoms with Gasteiger partial charge in [0.1, 0.15) is 6.04 Å². The second kappa shape index (κ2) is 6.26. The smallest absolute Gasteiger partial charge is 0.258 e. The monoisotopic (exact) mass is 293 g/mol. The third-order valence-electron chi connectivity index (χ3n) is 3.88. The molecule has 0 spiro atoms. The fourth-order valence-electron chi connectivity index (χ4n) is 2.70. The summed E-state index contributed by atoms with van der Waals surface area (Å²) in [5.41, 5.74) is 2.13. The van der Waals surface area contributed by atoms with E-state index in [4.69, 9.17) is 0 Å². The van der Waals surface area contributed by atoms with Crippen LogP contribution in [0, 0.1) is 13.8 Å². The van der Waals surface area contributed by atoms with Gasteiger partial charge in [-0.05, 0) is 20.8 Å². The second-order valence-corrected chi connectivity index (χ2v) is 5.28. The number of hydrogen-bond acceptors (Lipinski definition) is 4. The molecule has 21 heavy (non-hydrogen) atoms. The molecule has 2 amide bonds. The van der Waals surface area contributed by atoms with Gasteiger partial charge in [0.05, 0.1) is 11.3 Å². The molecule has 2 rings (SSSR count). The quantitative estimate of drug-likeness (QED) is 0.794. The van der Waals surface area contributed by atoms with Crippen LogP contribution < -0.4 is 10.6 Å². The van der Waals surface area contributed by atoms with Crippen LogP contribution >= 0.6 is 0 Å². The maximum atomic E-state index is 12.8. The number of aromatic nitrogens is 2. The zero-order valence-corrected chi connectivity index (χ0v) is 13.1. The van der Waals surface area contributed by atoms with Gasteiger partial charge in [-0.2, -0.15) is 5.10 Å². The third-order valence-corrected chi connectivity index (χ3v) is 3.88. The molecule has 1 aliphatic rings. The van der Waals surface area contributed by atoms with E-state index in [0.717, 1.165) is 5.69 Å². The Hall–Kier alpha value is -1.89. The number of nitrogens with one attached hydrogen (secondary N) is 2.